The third kappa shape index (κ3) is 5.41. The van der Waals surface area contributed by atoms with Gasteiger partial charge in [0.05, 0.1) is 4.92 Å². The number of nitrogens with one attached hydrogen (secondary N) is 1. The van der Waals surface area contributed by atoms with Gasteiger partial charge in [0.15, 0.2) is 6.61 Å². The number of anilines is 1. The first-order valence-electron chi connectivity index (χ1n) is 8.97. The Balaban J connectivity index is 1.53. The van der Waals surface area contributed by atoms with Crippen LogP contribution in [0, 0.1) is 17.0 Å². The van der Waals surface area contributed by atoms with Crippen molar-refractivity contribution in [1.82, 2.24) is 0 Å². The smallest absolute Gasteiger partial charge is 0.349 e. The maximum Gasteiger partial charge on any atom is 0.349 e. The summed E-state index contributed by atoms with van der Waals surface area (Å²) in [5.74, 6) is -0.309. The molecule has 0 saturated carbocycles. The van der Waals surface area contributed by atoms with Gasteiger partial charge >= 0.3 is 5.97 Å². The molecule has 1 amide bonds. The Kier molecular flexibility index (Phi) is 6.39. The number of carbonyl (C=O) groups is 2. The van der Waals surface area contributed by atoms with Crippen LogP contribution in [0.4, 0.5) is 11.4 Å². The van der Waals surface area contributed by atoms with Crippen LogP contribution in [-0.2, 0) is 4.79 Å². The molecule has 0 aromatic heterocycles. The van der Waals surface area contributed by atoms with Gasteiger partial charge in [-0.3, -0.25) is 14.9 Å². The van der Waals surface area contributed by atoms with Gasteiger partial charge in [-0.2, -0.15) is 0 Å². The van der Waals surface area contributed by atoms with Crippen molar-refractivity contribution in [3.63, 3.8) is 0 Å². The first kappa shape index (κ1) is 20.5. The number of hydrogen-bond acceptors (Lipinski definition) is 6. The van der Waals surface area contributed by atoms with Gasteiger partial charge in [-0.15, -0.1) is 0 Å². The Morgan fingerprint density at radius 3 is 2.33 bits per heavy atom. The SMILES string of the molecule is Cc1cc([N+](=O)[O-])ccc1OCC(=O)Oc1ccc(C(=O)Nc2ccccc2)cc1. The number of ether oxygens (including phenoxy) is 2. The van der Waals surface area contributed by atoms with E-state index in [1.54, 1.807) is 31.2 Å². The molecule has 0 spiro atoms. The molecular weight excluding hydrogens is 388 g/mol. The second kappa shape index (κ2) is 9.33. The summed E-state index contributed by atoms with van der Waals surface area (Å²) in [7, 11) is 0. The van der Waals surface area contributed by atoms with E-state index in [2.05, 4.69) is 5.32 Å². The number of nitrogens with zero attached hydrogens (tertiary/aromatic N) is 1. The first-order chi connectivity index (χ1) is 14.4. The molecule has 0 radical (unpaired) electrons. The van der Waals surface area contributed by atoms with E-state index in [9.17, 15) is 19.7 Å². The second-order valence-corrected chi connectivity index (χ2v) is 6.31. The molecule has 0 aliphatic carbocycles. The lowest BCUT2D eigenvalue weighted by molar-refractivity contribution is -0.384. The molecule has 30 heavy (non-hydrogen) atoms. The molecule has 0 aliphatic rings. The number of non-ortho nitro benzene ring substituents is 1. The summed E-state index contributed by atoms with van der Waals surface area (Å²) in [6, 6.07) is 19.2. The molecular formula is C22H18N2O6. The van der Waals surface area contributed by atoms with Crippen LogP contribution in [0.5, 0.6) is 11.5 Å². The predicted octanol–water partition coefficient (Wildman–Crippen LogP) is 4.14. The number of nitro benzene ring substituents is 1. The van der Waals surface area contributed by atoms with Crippen molar-refractivity contribution in [3.8, 4) is 11.5 Å². The van der Waals surface area contributed by atoms with E-state index in [1.165, 1.54) is 30.3 Å². The minimum absolute atomic E-state index is 0.0567. The molecule has 0 bridgehead atoms. The summed E-state index contributed by atoms with van der Waals surface area (Å²) >= 11 is 0. The van der Waals surface area contributed by atoms with Gasteiger partial charge in [0.2, 0.25) is 0 Å². The fourth-order valence-electron chi connectivity index (χ4n) is 2.61. The zero-order valence-electron chi connectivity index (χ0n) is 16.0. The minimum Gasteiger partial charge on any atom is -0.482 e. The van der Waals surface area contributed by atoms with Crippen molar-refractivity contribution >= 4 is 23.3 Å². The van der Waals surface area contributed by atoms with E-state index in [0.29, 0.717) is 22.6 Å². The zero-order valence-corrected chi connectivity index (χ0v) is 16.0. The van der Waals surface area contributed by atoms with Crippen LogP contribution in [0.15, 0.2) is 72.8 Å². The Bertz CT molecular complexity index is 1060. The van der Waals surface area contributed by atoms with Gasteiger partial charge in [-0.25, -0.2) is 4.79 Å². The maximum atomic E-state index is 12.2. The topological polar surface area (TPSA) is 108 Å². The lowest BCUT2D eigenvalue weighted by Crippen LogP contribution is -2.18. The molecule has 8 heteroatoms. The van der Waals surface area contributed by atoms with Crippen molar-refractivity contribution < 1.29 is 24.0 Å². The standard InChI is InChI=1S/C22H18N2O6/c1-15-13-18(24(27)28)9-12-20(15)29-14-21(25)30-19-10-7-16(8-11-19)22(26)23-17-5-3-2-4-6-17/h2-13H,14H2,1H3,(H,23,26). The van der Waals surface area contributed by atoms with Crippen LogP contribution in [-0.4, -0.2) is 23.4 Å². The van der Waals surface area contributed by atoms with Gasteiger partial charge in [-0.05, 0) is 55.0 Å². The highest BCUT2D eigenvalue weighted by Gasteiger charge is 2.12. The second-order valence-electron chi connectivity index (χ2n) is 6.31. The number of para-hydroxylation sites is 1. The van der Waals surface area contributed by atoms with Crippen molar-refractivity contribution in [2.45, 2.75) is 6.92 Å². The highest BCUT2D eigenvalue weighted by atomic mass is 16.6. The molecule has 0 fully saturated rings. The lowest BCUT2D eigenvalue weighted by Gasteiger charge is -2.09. The van der Waals surface area contributed by atoms with Crippen molar-refractivity contribution in [3.05, 3.63) is 94.0 Å². The van der Waals surface area contributed by atoms with Crippen LogP contribution in [0.1, 0.15) is 15.9 Å². The molecule has 3 rings (SSSR count). The minimum atomic E-state index is -0.644. The molecule has 1 N–H and O–H groups in total. The van der Waals surface area contributed by atoms with E-state index in [1.807, 2.05) is 18.2 Å². The third-order valence-electron chi connectivity index (χ3n) is 4.09. The highest BCUT2D eigenvalue weighted by molar-refractivity contribution is 6.04. The van der Waals surface area contributed by atoms with E-state index in [0.717, 1.165) is 0 Å². The predicted molar refractivity (Wildman–Crippen MR) is 110 cm³/mol. The van der Waals surface area contributed by atoms with Crippen LogP contribution in [0.25, 0.3) is 0 Å². The average molecular weight is 406 g/mol. The molecule has 8 nitrogen and oxygen atoms in total. The molecule has 3 aromatic rings. The largest absolute Gasteiger partial charge is 0.482 e. The van der Waals surface area contributed by atoms with Gasteiger partial charge in [0.1, 0.15) is 11.5 Å². The number of amides is 1. The summed E-state index contributed by atoms with van der Waals surface area (Å²) in [6.45, 7) is 1.28. The van der Waals surface area contributed by atoms with Crippen molar-refractivity contribution in [2.75, 3.05) is 11.9 Å². The highest BCUT2D eigenvalue weighted by Crippen LogP contribution is 2.23. The van der Waals surface area contributed by atoms with Crippen LogP contribution >= 0.6 is 0 Å². The summed E-state index contributed by atoms with van der Waals surface area (Å²) in [4.78, 5) is 34.5. The molecule has 0 saturated heterocycles. The van der Waals surface area contributed by atoms with Gasteiger partial charge in [0.25, 0.3) is 11.6 Å². The molecule has 0 heterocycles. The number of aryl methyl sites for hydroxylation is 1. The molecule has 0 atom stereocenters. The number of benzene rings is 3. The molecule has 0 unspecified atom stereocenters. The van der Waals surface area contributed by atoms with Crippen LogP contribution in [0.2, 0.25) is 0 Å². The molecule has 0 aliphatic heterocycles. The van der Waals surface area contributed by atoms with Gasteiger partial charge < -0.3 is 14.8 Å². The number of esters is 1. The van der Waals surface area contributed by atoms with Gasteiger partial charge in [0, 0.05) is 23.4 Å². The Hall–Kier alpha value is -4.20. The fourth-order valence-corrected chi connectivity index (χ4v) is 2.61. The maximum absolute atomic E-state index is 12.2. The Labute approximate surface area is 172 Å². The van der Waals surface area contributed by atoms with E-state index >= 15 is 0 Å². The lowest BCUT2D eigenvalue weighted by atomic mass is 10.2. The number of hydrogen-bond donors (Lipinski definition) is 1. The molecule has 3 aromatic carbocycles. The van der Waals surface area contributed by atoms with E-state index < -0.39 is 10.9 Å². The third-order valence-corrected chi connectivity index (χ3v) is 4.09. The normalized spacial score (nSPS) is 10.2. The Morgan fingerprint density at radius 2 is 1.70 bits per heavy atom. The summed E-state index contributed by atoms with van der Waals surface area (Å²) in [6.07, 6.45) is 0. The first-order valence-corrected chi connectivity index (χ1v) is 8.97. The average Bonchev–Trinajstić information content (AvgIpc) is 2.74. The quantitative estimate of drug-likeness (QED) is 0.273. The van der Waals surface area contributed by atoms with E-state index in [4.69, 9.17) is 9.47 Å². The van der Waals surface area contributed by atoms with E-state index in [-0.39, 0.29) is 24.0 Å². The summed E-state index contributed by atoms with van der Waals surface area (Å²) in [5, 5.41) is 13.5. The van der Waals surface area contributed by atoms with Crippen molar-refractivity contribution in [1.29, 1.82) is 0 Å². The molecule has 152 valence electrons. The van der Waals surface area contributed by atoms with Gasteiger partial charge in [-0.1, -0.05) is 18.2 Å². The Morgan fingerprint density at radius 1 is 1.00 bits per heavy atom. The van der Waals surface area contributed by atoms with Crippen molar-refractivity contribution in [2.24, 2.45) is 0 Å². The number of rotatable bonds is 7. The number of carbonyl (C=O) groups excluding carboxylic acids is 2. The summed E-state index contributed by atoms with van der Waals surface area (Å²) in [5.41, 5.74) is 1.57. The van der Waals surface area contributed by atoms with Crippen LogP contribution < -0.4 is 14.8 Å². The number of nitro groups is 1. The summed E-state index contributed by atoms with van der Waals surface area (Å²) < 4.78 is 10.6. The zero-order chi connectivity index (χ0) is 21.5. The fraction of sp³-hybridized carbons (Fsp3) is 0.0909. The monoisotopic (exact) mass is 406 g/mol. The van der Waals surface area contributed by atoms with Crippen LogP contribution in [0.3, 0.4) is 0 Å².